The van der Waals surface area contributed by atoms with Gasteiger partial charge in [0.1, 0.15) is 0 Å². The Balaban J connectivity index is 1.12. The van der Waals surface area contributed by atoms with Gasteiger partial charge in [0.2, 0.25) is 0 Å². The van der Waals surface area contributed by atoms with E-state index in [1.807, 2.05) is 0 Å². The third-order valence-electron chi connectivity index (χ3n) is 10.9. The molecule has 4 aromatic heterocycles. The highest BCUT2D eigenvalue weighted by Crippen LogP contribution is 2.37. The van der Waals surface area contributed by atoms with Gasteiger partial charge in [0.15, 0.2) is 0 Å². The summed E-state index contributed by atoms with van der Waals surface area (Å²) in [6.07, 6.45) is 0. The zero-order valence-corrected chi connectivity index (χ0v) is 30.4. The van der Waals surface area contributed by atoms with E-state index in [0.29, 0.717) is 0 Å². The van der Waals surface area contributed by atoms with Gasteiger partial charge in [0.05, 0.1) is 56.2 Å². The molecule has 0 aliphatic carbocycles. The molecule has 0 aliphatic heterocycles. The summed E-state index contributed by atoms with van der Waals surface area (Å²) in [4.78, 5) is 10.7. The van der Waals surface area contributed by atoms with Gasteiger partial charge >= 0.3 is 0 Å². The molecule has 0 N–H and O–H groups in total. The first-order valence-corrected chi connectivity index (χ1v) is 19.0. The molecule has 0 fully saturated rings. The Bertz CT molecular complexity index is 2920. The summed E-state index contributed by atoms with van der Waals surface area (Å²) < 4.78 is 4.74. The van der Waals surface area contributed by atoms with E-state index < -0.39 is 0 Å². The van der Waals surface area contributed by atoms with Crippen LogP contribution in [0.15, 0.2) is 206 Å². The molecule has 11 aromatic rings. The van der Waals surface area contributed by atoms with Crippen LogP contribution in [0.2, 0.25) is 0 Å². The van der Waals surface area contributed by atoms with E-state index in [9.17, 15) is 0 Å². The van der Waals surface area contributed by atoms with E-state index in [1.165, 1.54) is 21.5 Å². The van der Waals surface area contributed by atoms with Crippen LogP contribution < -0.4 is 0 Å². The second kappa shape index (κ2) is 13.1. The second-order valence-corrected chi connectivity index (χ2v) is 14.2. The molecule has 56 heavy (non-hydrogen) atoms. The molecule has 4 nitrogen and oxygen atoms in total. The Labute approximate surface area is 324 Å². The van der Waals surface area contributed by atoms with Gasteiger partial charge in [-0.05, 0) is 54.6 Å². The number of benzene rings is 7. The lowest BCUT2D eigenvalue weighted by molar-refractivity contribution is 1.16. The maximum absolute atomic E-state index is 5.33. The van der Waals surface area contributed by atoms with Crippen LogP contribution in [0.1, 0.15) is 0 Å². The molecule has 0 saturated carbocycles. The Morgan fingerprint density at radius 1 is 0.250 bits per heavy atom. The topological polar surface area (TPSA) is 35.6 Å². The lowest BCUT2D eigenvalue weighted by atomic mass is 10.0. The monoisotopic (exact) mass is 714 g/mol. The lowest BCUT2D eigenvalue weighted by Gasteiger charge is -2.15. The van der Waals surface area contributed by atoms with Gasteiger partial charge in [0, 0.05) is 43.8 Å². The van der Waals surface area contributed by atoms with E-state index in [4.69, 9.17) is 9.97 Å². The van der Waals surface area contributed by atoms with Crippen LogP contribution in [0.25, 0.3) is 100 Å². The summed E-state index contributed by atoms with van der Waals surface area (Å²) in [6, 6.07) is 73.1. The molecule has 4 heteroatoms. The normalized spacial score (nSPS) is 11.6. The van der Waals surface area contributed by atoms with Crippen LogP contribution in [0.5, 0.6) is 0 Å². The molecule has 4 heterocycles. The molecule has 0 radical (unpaired) electrons. The van der Waals surface area contributed by atoms with Gasteiger partial charge in [0.25, 0.3) is 0 Å². The van der Waals surface area contributed by atoms with Crippen molar-refractivity contribution in [2.24, 2.45) is 0 Å². The highest BCUT2D eigenvalue weighted by atomic mass is 15.0. The predicted octanol–water partition coefficient (Wildman–Crippen LogP) is 13.3. The molecular weight excluding hydrogens is 681 g/mol. The molecular formula is C52H34N4. The van der Waals surface area contributed by atoms with Crippen molar-refractivity contribution < 1.29 is 0 Å². The van der Waals surface area contributed by atoms with Crippen LogP contribution in [-0.2, 0) is 0 Å². The number of nitrogens with zero attached hydrogens (tertiary/aromatic N) is 4. The van der Waals surface area contributed by atoms with Gasteiger partial charge in [-0.3, -0.25) is 0 Å². The molecule has 0 spiro atoms. The van der Waals surface area contributed by atoms with E-state index in [-0.39, 0.29) is 0 Å². The molecule has 0 saturated heterocycles. The number of aromatic nitrogens is 4. The second-order valence-electron chi connectivity index (χ2n) is 14.2. The molecule has 0 aliphatic rings. The first-order valence-electron chi connectivity index (χ1n) is 19.0. The van der Waals surface area contributed by atoms with Crippen LogP contribution >= 0.6 is 0 Å². The summed E-state index contributed by atoms with van der Waals surface area (Å²) >= 11 is 0. The van der Waals surface area contributed by atoms with Gasteiger partial charge in [-0.2, -0.15) is 0 Å². The average Bonchev–Trinajstić information content (AvgIpc) is 3.80. The summed E-state index contributed by atoms with van der Waals surface area (Å²) in [7, 11) is 0. The van der Waals surface area contributed by atoms with Crippen molar-refractivity contribution in [1.82, 2.24) is 19.1 Å². The first-order chi connectivity index (χ1) is 27.8. The van der Waals surface area contributed by atoms with Crippen molar-refractivity contribution in [3.63, 3.8) is 0 Å². The van der Waals surface area contributed by atoms with Crippen LogP contribution in [0, 0.1) is 0 Å². The summed E-state index contributed by atoms with van der Waals surface area (Å²) in [5.74, 6) is 0. The van der Waals surface area contributed by atoms with E-state index in [0.717, 1.165) is 78.5 Å². The summed E-state index contributed by atoms with van der Waals surface area (Å²) in [5.41, 5.74) is 14.6. The van der Waals surface area contributed by atoms with Crippen molar-refractivity contribution in [3.8, 4) is 56.4 Å². The fourth-order valence-electron chi connectivity index (χ4n) is 8.34. The quantitative estimate of drug-likeness (QED) is 0.172. The Morgan fingerprint density at radius 3 is 0.893 bits per heavy atom. The standard InChI is InChI=1S/C52H34N4/c1-3-16-35(17-4-1)45-31-39(55-49-26-11-7-22-41(49)42-23-8-12-27-50(42)55)33-47(53-45)37-20-15-21-38(30-37)48-34-40(32-46(54-48)36-18-5-2-6-19-36)56-51-28-13-9-24-43(51)44-25-10-14-29-52(44)56/h1-34H. The minimum absolute atomic E-state index is 0.895. The van der Waals surface area contributed by atoms with E-state index >= 15 is 0 Å². The number of para-hydroxylation sites is 4. The molecule has 0 bridgehead atoms. The minimum Gasteiger partial charge on any atom is -0.309 e. The van der Waals surface area contributed by atoms with Crippen LogP contribution in [-0.4, -0.2) is 19.1 Å². The zero-order valence-electron chi connectivity index (χ0n) is 30.4. The molecule has 11 rings (SSSR count). The van der Waals surface area contributed by atoms with Crippen molar-refractivity contribution in [2.75, 3.05) is 0 Å². The SMILES string of the molecule is c1ccc(-c2cc(-n3c4ccccc4c4ccccc43)cc(-c3cccc(-c4cc(-n5c6ccccc6c6ccccc65)cc(-c5ccccc5)n4)c3)n2)cc1. The highest BCUT2D eigenvalue weighted by molar-refractivity contribution is 6.10. The molecule has 0 amide bonds. The summed E-state index contributed by atoms with van der Waals surface area (Å²) in [5, 5.41) is 4.92. The van der Waals surface area contributed by atoms with Crippen LogP contribution in [0.4, 0.5) is 0 Å². The van der Waals surface area contributed by atoms with Crippen molar-refractivity contribution >= 4 is 43.6 Å². The van der Waals surface area contributed by atoms with Gasteiger partial charge < -0.3 is 9.13 Å². The fraction of sp³-hybridized carbons (Fsp3) is 0. The first kappa shape index (κ1) is 31.9. The predicted molar refractivity (Wildman–Crippen MR) is 232 cm³/mol. The van der Waals surface area contributed by atoms with Gasteiger partial charge in [-0.1, -0.05) is 152 Å². The Hall–Kier alpha value is -7.56. The van der Waals surface area contributed by atoms with Gasteiger partial charge in [-0.25, -0.2) is 9.97 Å². The number of rotatable bonds is 6. The highest BCUT2D eigenvalue weighted by Gasteiger charge is 2.18. The molecule has 0 atom stereocenters. The number of pyridine rings is 2. The Morgan fingerprint density at radius 2 is 0.536 bits per heavy atom. The smallest absolute Gasteiger partial charge is 0.0730 e. The zero-order chi connectivity index (χ0) is 37.0. The van der Waals surface area contributed by atoms with Crippen LogP contribution in [0.3, 0.4) is 0 Å². The van der Waals surface area contributed by atoms with Gasteiger partial charge in [-0.15, -0.1) is 0 Å². The largest absolute Gasteiger partial charge is 0.309 e. The van der Waals surface area contributed by atoms with Crippen molar-refractivity contribution in [2.45, 2.75) is 0 Å². The average molecular weight is 715 g/mol. The number of hydrogen-bond acceptors (Lipinski definition) is 2. The number of hydrogen-bond donors (Lipinski definition) is 0. The lowest BCUT2D eigenvalue weighted by Crippen LogP contribution is -1.99. The third-order valence-corrected chi connectivity index (χ3v) is 10.9. The van der Waals surface area contributed by atoms with Crippen molar-refractivity contribution in [3.05, 3.63) is 206 Å². The van der Waals surface area contributed by atoms with E-state index in [1.54, 1.807) is 0 Å². The molecule has 262 valence electrons. The maximum Gasteiger partial charge on any atom is 0.0730 e. The molecule has 0 unspecified atom stereocenters. The number of fused-ring (bicyclic) bond motifs is 6. The summed E-state index contributed by atoms with van der Waals surface area (Å²) in [6.45, 7) is 0. The maximum atomic E-state index is 5.33. The van der Waals surface area contributed by atoms with E-state index in [2.05, 4.69) is 215 Å². The fourth-order valence-corrected chi connectivity index (χ4v) is 8.34. The minimum atomic E-state index is 0.895. The van der Waals surface area contributed by atoms with Crippen molar-refractivity contribution in [1.29, 1.82) is 0 Å². The Kier molecular flexibility index (Phi) is 7.46. The molecule has 7 aromatic carbocycles. The third kappa shape index (κ3) is 5.31.